The van der Waals surface area contributed by atoms with E-state index in [4.69, 9.17) is 14.2 Å². The number of esters is 3. The normalized spacial score (nSPS) is 12.2. The van der Waals surface area contributed by atoms with Crippen molar-refractivity contribution >= 4 is 17.9 Å². The standard InChI is InChI=1S/C69H128O6/c1-4-7-10-13-16-19-22-24-26-28-29-30-31-32-33-34-35-36-37-38-39-41-42-44-47-50-53-56-59-62-68(71)74-65-66(64-73-67(70)61-58-55-52-49-46-21-18-15-12-9-6-3)75-69(72)63-60-57-54-51-48-45-43-40-27-25-23-20-17-14-11-8-5-2/h17,20,25,27-29,66H,4-16,18-19,21-24,26,30-65H2,1-3H3/b20-17-,27-25-,29-28-. The van der Waals surface area contributed by atoms with Crippen LogP contribution < -0.4 is 0 Å². The Hall–Kier alpha value is -2.37. The quantitative estimate of drug-likeness (QED) is 0.0261. The minimum absolute atomic E-state index is 0.0705. The van der Waals surface area contributed by atoms with Crippen LogP contribution in [0.5, 0.6) is 0 Å². The second-order valence-electron chi connectivity index (χ2n) is 22.7. The molecule has 0 aliphatic rings. The van der Waals surface area contributed by atoms with Gasteiger partial charge in [0.15, 0.2) is 6.10 Å². The Morgan fingerprint density at radius 2 is 0.480 bits per heavy atom. The molecule has 0 N–H and O–H groups in total. The van der Waals surface area contributed by atoms with Crippen molar-refractivity contribution in [3.63, 3.8) is 0 Å². The van der Waals surface area contributed by atoms with Crippen molar-refractivity contribution in [2.75, 3.05) is 13.2 Å². The van der Waals surface area contributed by atoms with Gasteiger partial charge in [0.25, 0.3) is 0 Å². The van der Waals surface area contributed by atoms with Gasteiger partial charge in [0.2, 0.25) is 0 Å². The zero-order valence-electron chi connectivity index (χ0n) is 50.6. The third-order valence-electron chi connectivity index (χ3n) is 15.1. The van der Waals surface area contributed by atoms with Crippen molar-refractivity contribution < 1.29 is 28.6 Å². The van der Waals surface area contributed by atoms with Crippen molar-refractivity contribution in [2.45, 2.75) is 374 Å². The fourth-order valence-electron chi connectivity index (χ4n) is 10.1. The molecule has 1 atom stereocenters. The van der Waals surface area contributed by atoms with Crippen LogP contribution in [-0.4, -0.2) is 37.2 Å². The van der Waals surface area contributed by atoms with Gasteiger partial charge in [-0.05, 0) is 77.0 Å². The first kappa shape index (κ1) is 72.6. The van der Waals surface area contributed by atoms with Gasteiger partial charge in [0, 0.05) is 19.3 Å². The Balaban J connectivity index is 4.14. The molecule has 0 saturated carbocycles. The highest BCUT2D eigenvalue weighted by atomic mass is 16.6. The summed E-state index contributed by atoms with van der Waals surface area (Å²) in [7, 11) is 0. The average Bonchev–Trinajstić information content (AvgIpc) is 3.41. The molecule has 0 aromatic rings. The van der Waals surface area contributed by atoms with Crippen LogP contribution in [0.2, 0.25) is 0 Å². The summed E-state index contributed by atoms with van der Waals surface area (Å²) in [4.78, 5) is 38.2. The molecular weight excluding hydrogens is 925 g/mol. The molecule has 6 nitrogen and oxygen atoms in total. The van der Waals surface area contributed by atoms with Gasteiger partial charge in [-0.3, -0.25) is 14.4 Å². The summed E-state index contributed by atoms with van der Waals surface area (Å²) in [5, 5.41) is 0. The second kappa shape index (κ2) is 64.2. The van der Waals surface area contributed by atoms with E-state index in [9.17, 15) is 14.4 Å². The largest absolute Gasteiger partial charge is 0.462 e. The molecule has 0 heterocycles. The highest BCUT2D eigenvalue weighted by molar-refractivity contribution is 5.71. The number of carbonyl (C=O) groups excluding carboxylic acids is 3. The molecule has 0 fully saturated rings. The third kappa shape index (κ3) is 62.4. The van der Waals surface area contributed by atoms with E-state index in [1.54, 1.807) is 0 Å². The van der Waals surface area contributed by atoms with E-state index in [-0.39, 0.29) is 31.1 Å². The number of hydrogen-bond acceptors (Lipinski definition) is 6. The first-order chi connectivity index (χ1) is 37.0. The summed E-state index contributed by atoms with van der Waals surface area (Å²) in [5.74, 6) is -0.856. The van der Waals surface area contributed by atoms with Gasteiger partial charge in [0.1, 0.15) is 13.2 Å². The minimum Gasteiger partial charge on any atom is -0.462 e. The predicted octanol–water partition coefficient (Wildman–Crippen LogP) is 22.8. The van der Waals surface area contributed by atoms with Crippen LogP contribution in [0, 0.1) is 0 Å². The van der Waals surface area contributed by atoms with E-state index in [0.29, 0.717) is 19.3 Å². The Labute approximate surface area is 467 Å². The Kier molecular flexibility index (Phi) is 62.1. The van der Waals surface area contributed by atoms with Crippen LogP contribution in [0.15, 0.2) is 36.5 Å². The van der Waals surface area contributed by atoms with Gasteiger partial charge >= 0.3 is 17.9 Å². The predicted molar refractivity (Wildman–Crippen MR) is 326 cm³/mol. The monoisotopic (exact) mass is 1050 g/mol. The number of allylic oxidation sites excluding steroid dienone is 6. The summed E-state index contributed by atoms with van der Waals surface area (Å²) < 4.78 is 16.9. The van der Waals surface area contributed by atoms with Crippen molar-refractivity contribution in [1.82, 2.24) is 0 Å². The minimum atomic E-state index is -0.773. The van der Waals surface area contributed by atoms with Crippen LogP contribution in [0.25, 0.3) is 0 Å². The lowest BCUT2D eigenvalue weighted by molar-refractivity contribution is -0.167. The van der Waals surface area contributed by atoms with Crippen molar-refractivity contribution in [2.24, 2.45) is 0 Å². The number of carbonyl (C=O) groups is 3. The molecule has 440 valence electrons. The maximum absolute atomic E-state index is 12.9. The molecule has 0 bridgehead atoms. The number of hydrogen-bond donors (Lipinski definition) is 0. The lowest BCUT2D eigenvalue weighted by Crippen LogP contribution is -2.30. The Bertz CT molecular complexity index is 1250. The number of ether oxygens (including phenoxy) is 3. The van der Waals surface area contributed by atoms with Crippen LogP contribution >= 0.6 is 0 Å². The van der Waals surface area contributed by atoms with E-state index < -0.39 is 6.10 Å². The Morgan fingerprint density at radius 1 is 0.267 bits per heavy atom. The first-order valence-corrected chi connectivity index (χ1v) is 33.5. The van der Waals surface area contributed by atoms with Crippen molar-refractivity contribution in [3.05, 3.63) is 36.5 Å². The lowest BCUT2D eigenvalue weighted by atomic mass is 10.0. The molecular formula is C69H128O6. The smallest absolute Gasteiger partial charge is 0.306 e. The van der Waals surface area contributed by atoms with Gasteiger partial charge < -0.3 is 14.2 Å². The summed E-state index contributed by atoms with van der Waals surface area (Å²) >= 11 is 0. The second-order valence-corrected chi connectivity index (χ2v) is 22.7. The Morgan fingerprint density at radius 3 is 0.773 bits per heavy atom. The van der Waals surface area contributed by atoms with Gasteiger partial charge in [-0.2, -0.15) is 0 Å². The molecule has 0 aliphatic carbocycles. The molecule has 0 rings (SSSR count). The summed E-state index contributed by atoms with van der Waals surface area (Å²) in [6, 6.07) is 0. The van der Waals surface area contributed by atoms with Crippen LogP contribution in [0.3, 0.4) is 0 Å². The molecule has 0 amide bonds. The van der Waals surface area contributed by atoms with Crippen LogP contribution in [-0.2, 0) is 28.6 Å². The number of unbranched alkanes of at least 4 members (excludes halogenated alkanes) is 45. The van der Waals surface area contributed by atoms with Crippen LogP contribution in [0.1, 0.15) is 367 Å². The molecule has 75 heavy (non-hydrogen) atoms. The van der Waals surface area contributed by atoms with Crippen LogP contribution in [0.4, 0.5) is 0 Å². The fourth-order valence-corrected chi connectivity index (χ4v) is 10.1. The fraction of sp³-hybridized carbons (Fsp3) is 0.870. The third-order valence-corrected chi connectivity index (χ3v) is 15.1. The van der Waals surface area contributed by atoms with Gasteiger partial charge in [-0.15, -0.1) is 0 Å². The van der Waals surface area contributed by atoms with Gasteiger partial charge in [-0.1, -0.05) is 308 Å². The molecule has 0 aromatic carbocycles. The van der Waals surface area contributed by atoms with Gasteiger partial charge in [0.05, 0.1) is 0 Å². The zero-order chi connectivity index (χ0) is 54.3. The van der Waals surface area contributed by atoms with Gasteiger partial charge in [-0.25, -0.2) is 0 Å². The molecule has 0 aromatic heterocycles. The first-order valence-electron chi connectivity index (χ1n) is 33.5. The molecule has 0 saturated heterocycles. The highest BCUT2D eigenvalue weighted by Crippen LogP contribution is 2.18. The SMILES string of the molecule is CCCCC/C=C\C/C=C\CCCCCCCCCC(=O)OC(COC(=O)CCCCCCCCCCCCC)COC(=O)CCCCCCCCCCCCCCCCCCC/C=C\CCCCCCCCCC. The highest BCUT2D eigenvalue weighted by Gasteiger charge is 2.19. The summed E-state index contributed by atoms with van der Waals surface area (Å²) in [6.07, 6.45) is 78.9. The summed E-state index contributed by atoms with van der Waals surface area (Å²) in [6.45, 7) is 6.66. The van der Waals surface area contributed by atoms with Crippen molar-refractivity contribution in [1.29, 1.82) is 0 Å². The molecule has 6 heteroatoms. The molecule has 1 unspecified atom stereocenters. The topological polar surface area (TPSA) is 78.9 Å². The lowest BCUT2D eigenvalue weighted by Gasteiger charge is -2.18. The maximum Gasteiger partial charge on any atom is 0.306 e. The van der Waals surface area contributed by atoms with E-state index >= 15 is 0 Å². The molecule has 0 aliphatic heterocycles. The van der Waals surface area contributed by atoms with Crippen molar-refractivity contribution in [3.8, 4) is 0 Å². The number of rotatable bonds is 62. The zero-order valence-corrected chi connectivity index (χ0v) is 50.6. The maximum atomic E-state index is 12.9. The van der Waals surface area contributed by atoms with E-state index in [1.807, 2.05) is 0 Å². The molecule has 0 radical (unpaired) electrons. The van der Waals surface area contributed by atoms with E-state index in [0.717, 1.165) is 70.6 Å². The molecule has 0 spiro atoms. The van der Waals surface area contributed by atoms with E-state index in [2.05, 4.69) is 57.2 Å². The van der Waals surface area contributed by atoms with E-state index in [1.165, 1.54) is 257 Å². The summed E-state index contributed by atoms with van der Waals surface area (Å²) in [5.41, 5.74) is 0. The average molecular weight is 1050 g/mol.